The quantitative estimate of drug-likeness (QED) is 0.828. The van der Waals surface area contributed by atoms with Gasteiger partial charge in [-0.25, -0.2) is 0 Å². The molecule has 148 valence electrons. The fraction of sp³-hybridized carbons (Fsp3) is 0.364. The van der Waals surface area contributed by atoms with Crippen molar-refractivity contribution in [1.82, 2.24) is 9.80 Å². The number of carboxylic acid groups (broad SMARTS) is 1. The summed E-state index contributed by atoms with van der Waals surface area (Å²) in [5.74, 6) is 0.630. The van der Waals surface area contributed by atoms with Crippen molar-refractivity contribution in [2.75, 3.05) is 26.7 Å². The summed E-state index contributed by atoms with van der Waals surface area (Å²) in [6.07, 6.45) is 2.55. The Kier molecular flexibility index (Phi) is 6.66. The van der Waals surface area contributed by atoms with Gasteiger partial charge in [0.1, 0.15) is 11.5 Å². The van der Waals surface area contributed by atoms with Gasteiger partial charge in [-0.2, -0.15) is 0 Å². The molecule has 6 nitrogen and oxygen atoms in total. The van der Waals surface area contributed by atoms with Gasteiger partial charge in [0.15, 0.2) is 0 Å². The molecule has 0 radical (unpaired) electrons. The van der Waals surface area contributed by atoms with Gasteiger partial charge in [-0.05, 0) is 62.7 Å². The minimum Gasteiger partial charge on any atom is -0.480 e. The zero-order valence-corrected chi connectivity index (χ0v) is 16.1. The van der Waals surface area contributed by atoms with E-state index in [4.69, 9.17) is 9.84 Å². The van der Waals surface area contributed by atoms with Gasteiger partial charge in [0, 0.05) is 24.7 Å². The summed E-state index contributed by atoms with van der Waals surface area (Å²) in [5.41, 5.74) is 0.637. The molecule has 1 heterocycles. The number of aliphatic carboxylic acids is 1. The fourth-order valence-electron chi connectivity index (χ4n) is 3.54. The lowest BCUT2D eigenvalue weighted by Gasteiger charge is -2.25. The molecule has 6 heteroatoms. The topological polar surface area (TPSA) is 70.1 Å². The summed E-state index contributed by atoms with van der Waals surface area (Å²) >= 11 is 0. The van der Waals surface area contributed by atoms with Crippen molar-refractivity contribution in [2.24, 2.45) is 0 Å². The van der Waals surface area contributed by atoms with Crippen LogP contribution in [-0.4, -0.2) is 59.5 Å². The van der Waals surface area contributed by atoms with E-state index in [1.54, 1.807) is 12.1 Å². The van der Waals surface area contributed by atoms with Crippen molar-refractivity contribution in [2.45, 2.75) is 25.3 Å². The van der Waals surface area contributed by atoms with Gasteiger partial charge >= 0.3 is 5.97 Å². The van der Waals surface area contributed by atoms with Crippen LogP contribution in [0.25, 0.3) is 0 Å². The number of carbonyl (C=O) groups excluding carboxylic acids is 1. The highest BCUT2D eigenvalue weighted by molar-refractivity contribution is 5.94. The average Bonchev–Trinajstić information content (AvgIpc) is 2.95. The van der Waals surface area contributed by atoms with Crippen molar-refractivity contribution < 1.29 is 19.4 Å². The summed E-state index contributed by atoms with van der Waals surface area (Å²) in [4.78, 5) is 27.5. The molecule has 0 unspecified atom stereocenters. The third-order valence-electron chi connectivity index (χ3n) is 5.07. The van der Waals surface area contributed by atoms with Crippen molar-refractivity contribution in [3.8, 4) is 11.5 Å². The molecule has 2 aromatic rings. The molecule has 1 fully saturated rings. The predicted octanol–water partition coefficient (Wildman–Crippen LogP) is 3.49. The molecule has 0 spiro atoms. The number of carbonyl (C=O) groups is 2. The number of amides is 1. The average molecular weight is 382 g/mol. The number of nitrogens with zero attached hydrogens (tertiary/aromatic N) is 2. The van der Waals surface area contributed by atoms with Crippen molar-refractivity contribution >= 4 is 11.9 Å². The van der Waals surface area contributed by atoms with E-state index in [2.05, 4.69) is 0 Å². The SMILES string of the molecule is CN(CC(=O)O)[C@@H]1CCCN(C(=O)c2ccc(Oc3ccccc3)cc2)CC1. The molecule has 0 bridgehead atoms. The summed E-state index contributed by atoms with van der Waals surface area (Å²) in [7, 11) is 1.84. The zero-order valence-electron chi connectivity index (χ0n) is 16.1. The standard InChI is InChI=1S/C22H26N2O4/c1-23(16-21(25)26)18-6-5-14-24(15-13-18)22(27)17-9-11-20(12-10-17)28-19-7-3-2-4-8-19/h2-4,7-12,18H,5-6,13-16H2,1H3,(H,25,26)/t18-/m1/s1. The summed E-state index contributed by atoms with van der Waals surface area (Å²) in [6, 6.07) is 16.9. The molecular formula is C22H26N2O4. The third kappa shape index (κ3) is 5.33. The van der Waals surface area contributed by atoms with E-state index in [1.807, 2.05) is 59.3 Å². The molecule has 2 aromatic carbocycles. The first kappa shape index (κ1) is 19.9. The van der Waals surface area contributed by atoms with E-state index in [1.165, 1.54) is 0 Å². The maximum atomic E-state index is 12.9. The van der Waals surface area contributed by atoms with E-state index >= 15 is 0 Å². The summed E-state index contributed by atoms with van der Waals surface area (Å²) in [6.45, 7) is 1.36. The molecule has 1 saturated heterocycles. The Morgan fingerprint density at radius 1 is 1.04 bits per heavy atom. The number of ether oxygens (including phenoxy) is 1. The number of likely N-dealkylation sites (N-methyl/N-ethyl adjacent to an activating group) is 1. The van der Waals surface area contributed by atoms with Gasteiger partial charge in [-0.3, -0.25) is 14.5 Å². The van der Waals surface area contributed by atoms with Gasteiger partial charge < -0.3 is 14.7 Å². The van der Waals surface area contributed by atoms with E-state index in [9.17, 15) is 9.59 Å². The molecule has 1 atom stereocenters. The van der Waals surface area contributed by atoms with Gasteiger partial charge in [-0.15, -0.1) is 0 Å². The predicted molar refractivity (Wildman–Crippen MR) is 107 cm³/mol. The van der Waals surface area contributed by atoms with Crippen molar-refractivity contribution in [1.29, 1.82) is 0 Å². The maximum absolute atomic E-state index is 12.9. The largest absolute Gasteiger partial charge is 0.480 e. The van der Waals surface area contributed by atoms with E-state index in [0.717, 1.165) is 25.0 Å². The second-order valence-corrected chi connectivity index (χ2v) is 7.13. The number of rotatable bonds is 6. The van der Waals surface area contributed by atoms with Crippen molar-refractivity contribution in [3.63, 3.8) is 0 Å². The number of para-hydroxylation sites is 1. The highest BCUT2D eigenvalue weighted by atomic mass is 16.5. The van der Waals surface area contributed by atoms with Crippen LogP contribution in [0, 0.1) is 0 Å². The minimum atomic E-state index is -0.822. The second kappa shape index (κ2) is 9.37. The smallest absolute Gasteiger partial charge is 0.317 e. The number of benzene rings is 2. The Bertz CT molecular complexity index is 792. The molecule has 0 aliphatic carbocycles. The normalized spacial score (nSPS) is 17.2. The molecule has 0 aromatic heterocycles. The number of hydrogen-bond donors (Lipinski definition) is 1. The molecule has 3 rings (SSSR count). The van der Waals surface area contributed by atoms with E-state index < -0.39 is 5.97 Å². The number of likely N-dealkylation sites (tertiary alicyclic amines) is 1. The first-order valence-electron chi connectivity index (χ1n) is 9.57. The Balaban J connectivity index is 1.58. The Morgan fingerprint density at radius 2 is 1.71 bits per heavy atom. The highest BCUT2D eigenvalue weighted by Crippen LogP contribution is 2.22. The second-order valence-electron chi connectivity index (χ2n) is 7.13. The third-order valence-corrected chi connectivity index (χ3v) is 5.07. The van der Waals surface area contributed by atoms with Crippen molar-refractivity contribution in [3.05, 3.63) is 60.2 Å². The number of hydrogen-bond acceptors (Lipinski definition) is 4. The summed E-state index contributed by atoms with van der Waals surface area (Å²) in [5, 5.41) is 8.97. The van der Waals surface area contributed by atoms with Crippen LogP contribution in [0.4, 0.5) is 0 Å². The molecule has 1 amide bonds. The summed E-state index contributed by atoms with van der Waals surface area (Å²) < 4.78 is 5.77. The Hall–Kier alpha value is -2.86. The maximum Gasteiger partial charge on any atom is 0.317 e. The van der Waals surface area contributed by atoms with Gasteiger partial charge in [0.05, 0.1) is 6.54 Å². The first-order chi connectivity index (χ1) is 13.5. The van der Waals surface area contributed by atoms with Crippen LogP contribution in [0.15, 0.2) is 54.6 Å². The van der Waals surface area contributed by atoms with Crippen LogP contribution < -0.4 is 4.74 Å². The lowest BCUT2D eigenvalue weighted by Crippen LogP contribution is -2.37. The lowest BCUT2D eigenvalue weighted by atomic mass is 10.1. The van der Waals surface area contributed by atoms with Crippen LogP contribution in [0.2, 0.25) is 0 Å². The van der Waals surface area contributed by atoms with Gasteiger partial charge in [0.2, 0.25) is 0 Å². The van der Waals surface area contributed by atoms with E-state index in [-0.39, 0.29) is 18.5 Å². The molecule has 1 N–H and O–H groups in total. The van der Waals surface area contributed by atoms with E-state index in [0.29, 0.717) is 24.4 Å². The van der Waals surface area contributed by atoms with Gasteiger partial charge in [-0.1, -0.05) is 18.2 Å². The zero-order chi connectivity index (χ0) is 19.9. The molecule has 1 aliphatic rings. The molecule has 28 heavy (non-hydrogen) atoms. The van der Waals surface area contributed by atoms with Crippen LogP contribution in [0.5, 0.6) is 11.5 Å². The van der Waals surface area contributed by atoms with Crippen LogP contribution >= 0.6 is 0 Å². The van der Waals surface area contributed by atoms with Crippen LogP contribution in [0.1, 0.15) is 29.6 Å². The van der Waals surface area contributed by atoms with Crippen LogP contribution in [-0.2, 0) is 4.79 Å². The molecule has 0 saturated carbocycles. The molecule has 1 aliphatic heterocycles. The Labute approximate surface area is 165 Å². The lowest BCUT2D eigenvalue weighted by molar-refractivity contribution is -0.138. The molecular weight excluding hydrogens is 356 g/mol. The monoisotopic (exact) mass is 382 g/mol. The van der Waals surface area contributed by atoms with Crippen LogP contribution in [0.3, 0.4) is 0 Å². The first-order valence-corrected chi connectivity index (χ1v) is 9.57. The minimum absolute atomic E-state index is 0.00722. The number of carboxylic acids is 1. The Morgan fingerprint density at radius 3 is 2.39 bits per heavy atom. The van der Waals surface area contributed by atoms with Gasteiger partial charge in [0.25, 0.3) is 5.91 Å². The fourth-order valence-corrected chi connectivity index (χ4v) is 3.54. The highest BCUT2D eigenvalue weighted by Gasteiger charge is 2.24.